The number of rotatable bonds is 6. The number of nitrogens with one attached hydrogen (secondary N) is 2. The zero-order valence-electron chi connectivity index (χ0n) is 11.8. The number of carbonyl (C=O) groups is 1. The van der Waals surface area contributed by atoms with Gasteiger partial charge in [-0.2, -0.15) is 0 Å². The summed E-state index contributed by atoms with van der Waals surface area (Å²) in [5.41, 5.74) is 1.00. The van der Waals surface area contributed by atoms with Crippen LogP contribution in [0.3, 0.4) is 0 Å². The van der Waals surface area contributed by atoms with Gasteiger partial charge in [0.05, 0.1) is 0 Å². The predicted octanol–water partition coefficient (Wildman–Crippen LogP) is 1.21. The number of piperazine rings is 1. The molecule has 1 aromatic rings. The molecule has 0 bridgehead atoms. The second-order valence-electron chi connectivity index (χ2n) is 4.93. The van der Waals surface area contributed by atoms with Crippen LogP contribution in [-0.2, 0) is 11.3 Å². The zero-order valence-corrected chi connectivity index (χ0v) is 11.8. The molecular weight excluding hydrogens is 254 g/mol. The fourth-order valence-corrected chi connectivity index (χ4v) is 2.20. The molecule has 1 heterocycles. The van der Waals surface area contributed by atoms with Crippen LogP contribution in [0.2, 0.25) is 0 Å². The van der Waals surface area contributed by atoms with Gasteiger partial charge >= 0.3 is 6.09 Å². The van der Waals surface area contributed by atoms with Gasteiger partial charge in [-0.15, -0.1) is 0 Å². The van der Waals surface area contributed by atoms with Gasteiger partial charge in [-0.05, 0) is 18.5 Å². The molecule has 2 rings (SSSR count). The molecule has 1 amide bonds. The van der Waals surface area contributed by atoms with Gasteiger partial charge in [0.2, 0.25) is 0 Å². The highest BCUT2D eigenvalue weighted by molar-refractivity contribution is 5.67. The van der Waals surface area contributed by atoms with E-state index in [4.69, 9.17) is 4.74 Å². The van der Waals surface area contributed by atoms with Crippen molar-refractivity contribution in [2.45, 2.75) is 13.0 Å². The van der Waals surface area contributed by atoms with E-state index in [9.17, 15) is 4.79 Å². The molecule has 1 aromatic carbocycles. The molecule has 5 heteroatoms. The Hall–Kier alpha value is -1.59. The number of hydrogen-bond acceptors (Lipinski definition) is 4. The summed E-state index contributed by atoms with van der Waals surface area (Å²) in [6.45, 7) is 6.33. The fourth-order valence-electron chi connectivity index (χ4n) is 2.20. The van der Waals surface area contributed by atoms with Gasteiger partial charge in [-0.3, -0.25) is 0 Å². The van der Waals surface area contributed by atoms with Crippen LogP contribution in [0.1, 0.15) is 12.0 Å². The Bertz CT molecular complexity index is 391. The van der Waals surface area contributed by atoms with Crippen LogP contribution in [-0.4, -0.2) is 50.3 Å². The van der Waals surface area contributed by atoms with Crippen molar-refractivity contribution >= 4 is 6.09 Å². The summed E-state index contributed by atoms with van der Waals surface area (Å²) < 4.78 is 5.15. The largest absolute Gasteiger partial charge is 0.445 e. The van der Waals surface area contributed by atoms with Crippen molar-refractivity contribution in [3.63, 3.8) is 0 Å². The summed E-state index contributed by atoms with van der Waals surface area (Å²) in [5.74, 6) is 0. The summed E-state index contributed by atoms with van der Waals surface area (Å²) in [5, 5.41) is 6.11. The highest BCUT2D eigenvalue weighted by Gasteiger charge is 2.08. The van der Waals surface area contributed by atoms with Crippen LogP contribution in [0.4, 0.5) is 4.79 Å². The Morgan fingerprint density at radius 3 is 2.75 bits per heavy atom. The lowest BCUT2D eigenvalue weighted by atomic mass is 10.2. The monoisotopic (exact) mass is 277 g/mol. The number of benzene rings is 1. The first kappa shape index (κ1) is 14.8. The summed E-state index contributed by atoms with van der Waals surface area (Å²) in [7, 11) is 0. The van der Waals surface area contributed by atoms with Crippen LogP contribution in [0.25, 0.3) is 0 Å². The van der Waals surface area contributed by atoms with Crippen molar-refractivity contribution in [1.82, 2.24) is 15.5 Å². The smallest absolute Gasteiger partial charge is 0.407 e. The zero-order chi connectivity index (χ0) is 14.0. The number of carbonyl (C=O) groups excluding carboxylic acids is 1. The number of hydrogen-bond donors (Lipinski definition) is 2. The number of amides is 1. The normalized spacial score (nSPS) is 15.8. The number of alkyl carbamates (subject to hydrolysis) is 1. The third-order valence-corrected chi connectivity index (χ3v) is 3.34. The Morgan fingerprint density at radius 2 is 2.00 bits per heavy atom. The second kappa shape index (κ2) is 8.55. The van der Waals surface area contributed by atoms with E-state index in [1.54, 1.807) is 0 Å². The lowest BCUT2D eigenvalue weighted by Crippen LogP contribution is -2.44. The van der Waals surface area contributed by atoms with E-state index in [1.165, 1.54) is 0 Å². The molecule has 0 radical (unpaired) electrons. The maximum atomic E-state index is 11.5. The van der Waals surface area contributed by atoms with Gasteiger partial charge in [-0.1, -0.05) is 30.3 Å². The summed E-state index contributed by atoms with van der Waals surface area (Å²) >= 11 is 0. The molecule has 0 aliphatic carbocycles. The van der Waals surface area contributed by atoms with Gasteiger partial charge in [0.25, 0.3) is 0 Å². The maximum absolute atomic E-state index is 11.5. The number of ether oxygens (including phenoxy) is 1. The molecule has 0 atom stereocenters. The molecule has 0 aromatic heterocycles. The minimum atomic E-state index is -0.339. The van der Waals surface area contributed by atoms with Crippen LogP contribution in [0.15, 0.2) is 30.3 Å². The minimum Gasteiger partial charge on any atom is -0.445 e. The molecule has 1 aliphatic heterocycles. The lowest BCUT2D eigenvalue weighted by molar-refractivity contribution is 0.139. The van der Waals surface area contributed by atoms with E-state index >= 15 is 0 Å². The van der Waals surface area contributed by atoms with E-state index in [1.807, 2.05) is 30.3 Å². The third kappa shape index (κ3) is 5.59. The fraction of sp³-hybridized carbons (Fsp3) is 0.533. The first-order valence-electron chi connectivity index (χ1n) is 7.22. The first-order valence-corrected chi connectivity index (χ1v) is 7.22. The Morgan fingerprint density at radius 1 is 1.25 bits per heavy atom. The molecule has 0 unspecified atom stereocenters. The summed E-state index contributed by atoms with van der Waals surface area (Å²) in [6, 6.07) is 9.70. The molecular formula is C15H23N3O2. The molecule has 1 fully saturated rings. The van der Waals surface area contributed by atoms with Gasteiger partial charge in [-0.25, -0.2) is 4.79 Å². The minimum absolute atomic E-state index is 0.324. The average Bonchev–Trinajstić information content (AvgIpc) is 2.52. The Kier molecular flexibility index (Phi) is 6.34. The van der Waals surface area contributed by atoms with Crippen molar-refractivity contribution in [3.05, 3.63) is 35.9 Å². The van der Waals surface area contributed by atoms with Crippen molar-refractivity contribution < 1.29 is 9.53 Å². The lowest BCUT2D eigenvalue weighted by Gasteiger charge is -2.26. The molecule has 0 spiro atoms. The molecule has 0 saturated carbocycles. The van der Waals surface area contributed by atoms with E-state index in [2.05, 4.69) is 15.5 Å². The molecule has 1 saturated heterocycles. The van der Waals surface area contributed by atoms with Crippen molar-refractivity contribution in [2.75, 3.05) is 39.3 Å². The van der Waals surface area contributed by atoms with E-state index < -0.39 is 0 Å². The second-order valence-corrected chi connectivity index (χ2v) is 4.93. The highest BCUT2D eigenvalue weighted by atomic mass is 16.5. The van der Waals surface area contributed by atoms with Crippen LogP contribution < -0.4 is 10.6 Å². The molecule has 2 N–H and O–H groups in total. The van der Waals surface area contributed by atoms with Crippen LogP contribution in [0, 0.1) is 0 Å². The number of nitrogens with zero attached hydrogens (tertiary/aromatic N) is 1. The quantitative estimate of drug-likeness (QED) is 0.767. The van der Waals surface area contributed by atoms with Crippen LogP contribution in [0.5, 0.6) is 0 Å². The van der Waals surface area contributed by atoms with Crippen molar-refractivity contribution in [2.24, 2.45) is 0 Å². The highest BCUT2D eigenvalue weighted by Crippen LogP contribution is 2.00. The molecule has 5 nitrogen and oxygen atoms in total. The topological polar surface area (TPSA) is 53.6 Å². The van der Waals surface area contributed by atoms with E-state index in [-0.39, 0.29) is 6.09 Å². The molecule has 110 valence electrons. The van der Waals surface area contributed by atoms with Crippen molar-refractivity contribution in [1.29, 1.82) is 0 Å². The van der Waals surface area contributed by atoms with Gasteiger partial charge < -0.3 is 20.3 Å². The average molecular weight is 277 g/mol. The predicted molar refractivity (Wildman–Crippen MR) is 78.6 cm³/mol. The van der Waals surface area contributed by atoms with Gasteiger partial charge in [0, 0.05) is 32.7 Å². The van der Waals surface area contributed by atoms with E-state index in [0.29, 0.717) is 13.2 Å². The van der Waals surface area contributed by atoms with Crippen LogP contribution >= 0.6 is 0 Å². The summed E-state index contributed by atoms with van der Waals surface area (Å²) in [4.78, 5) is 13.9. The first-order chi connectivity index (χ1) is 9.84. The van der Waals surface area contributed by atoms with Gasteiger partial charge in [0.1, 0.15) is 6.61 Å². The van der Waals surface area contributed by atoms with Crippen molar-refractivity contribution in [3.8, 4) is 0 Å². The molecule has 1 aliphatic rings. The Balaban J connectivity index is 1.51. The van der Waals surface area contributed by atoms with E-state index in [0.717, 1.165) is 44.7 Å². The van der Waals surface area contributed by atoms with Gasteiger partial charge in [0.15, 0.2) is 0 Å². The Labute approximate surface area is 120 Å². The maximum Gasteiger partial charge on any atom is 0.407 e. The standard InChI is InChI=1S/C15H23N3O2/c19-15(20-13-14-5-2-1-3-6-14)17-7-4-10-18-11-8-16-9-12-18/h1-3,5-6,16H,4,7-13H2,(H,17,19). The summed E-state index contributed by atoms with van der Waals surface area (Å²) in [6.07, 6.45) is 0.620. The third-order valence-electron chi connectivity index (χ3n) is 3.34. The SMILES string of the molecule is O=C(NCCCN1CCNCC1)OCc1ccccc1. The molecule has 20 heavy (non-hydrogen) atoms.